The molecule has 0 aromatic carbocycles. The van der Waals surface area contributed by atoms with Crippen LogP contribution < -0.4 is 5.32 Å². The molecule has 0 aliphatic carbocycles. The number of ether oxygens (including phenoxy) is 1. The molecule has 0 radical (unpaired) electrons. The van der Waals surface area contributed by atoms with Gasteiger partial charge < -0.3 is 10.1 Å². The normalized spacial score (nSPS) is 24.0. The first-order valence-corrected chi connectivity index (χ1v) is 5.82. The summed E-state index contributed by atoms with van der Waals surface area (Å²) in [6.45, 7) is 7.59. The Balaban J connectivity index is 2.26. The highest BCUT2D eigenvalue weighted by atomic mass is 16.5. The van der Waals surface area contributed by atoms with Crippen LogP contribution in [-0.4, -0.2) is 50.8 Å². The zero-order valence-corrected chi connectivity index (χ0v) is 9.59. The minimum absolute atomic E-state index is 0.735. The third-order valence-corrected chi connectivity index (χ3v) is 2.96. The smallest absolute Gasteiger partial charge is 0.0589 e. The van der Waals surface area contributed by atoms with Crippen LogP contribution in [0.1, 0.15) is 26.2 Å². The Labute approximate surface area is 87.8 Å². The number of rotatable bonds is 6. The van der Waals surface area contributed by atoms with Crippen molar-refractivity contribution in [2.75, 3.05) is 39.9 Å². The van der Waals surface area contributed by atoms with Crippen molar-refractivity contribution in [3.63, 3.8) is 0 Å². The van der Waals surface area contributed by atoms with Gasteiger partial charge in [-0.25, -0.2) is 0 Å². The molecule has 1 heterocycles. The van der Waals surface area contributed by atoms with E-state index in [1.807, 2.05) is 0 Å². The lowest BCUT2D eigenvalue weighted by molar-refractivity contribution is 0.0957. The third kappa shape index (κ3) is 3.95. The molecule has 3 nitrogen and oxygen atoms in total. The summed E-state index contributed by atoms with van der Waals surface area (Å²) in [4.78, 5) is 2.57. The van der Waals surface area contributed by atoms with Crippen molar-refractivity contribution >= 4 is 0 Å². The van der Waals surface area contributed by atoms with Crippen LogP contribution in [0, 0.1) is 0 Å². The summed E-state index contributed by atoms with van der Waals surface area (Å²) in [6, 6.07) is 0.735. The van der Waals surface area contributed by atoms with E-state index in [9.17, 15) is 0 Å². The summed E-state index contributed by atoms with van der Waals surface area (Å²) in [6.07, 6.45) is 4.09. The average molecular weight is 200 g/mol. The molecule has 84 valence electrons. The number of hydrogen-bond donors (Lipinski definition) is 1. The second kappa shape index (κ2) is 7.21. The van der Waals surface area contributed by atoms with Gasteiger partial charge >= 0.3 is 0 Å². The van der Waals surface area contributed by atoms with Gasteiger partial charge in [-0.2, -0.15) is 0 Å². The fraction of sp³-hybridized carbons (Fsp3) is 1.00. The van der Waals surface area contributed by atoms with Gasteiger partial charge in [0.05, 0.1) is 6.61 Å². The average Bonchev–Trinajstić information content (AvgIpc) is 2.24. The van der Waals surface area contributed by atoms with Crippen LogP contribution in [0.5, 0.6) is 0 Å². The molecule has 1 rings (SSSR count). The summed E-state index contributed by atoms with van der Waals surface area (Å²) < 4.78 is 5.14. The van der Waals surface area contributed by atoms with Gasteiger partial charge in [0.2, 0.25) is 0 Å². The lowest BCUT2D eigenvalue weighted by Crippen LogP contribution is -2.46. The second-order valence-corrected chi connectivity index (χ2v) is 3.99. The van der Waals surface area contributed by atoms with E-state index in [2.05, 4.69) is 17.1 Å². The minimum Gasteiger partial charge on any atom is -0.383 e. The molecule has 1 N–H and O–H groups in total. The molecule has 0 aromatic rings. The predicted octanol–water partition coefficient (Wildman–Crippen LogP) is 1.10. The Morgan fingerprint density at radius 2 is 2.29 bits per heavy atom. The molecule has 1 aliphatic rings. The molecule has 0 spiro atoms. The maximum atomic E-state index is 5.14. The van der Waals surface area contributed by atoms with Gasteiger partial charge in [0.15, 0.2) is 0 Å². The number of nitrogens with zero attached hydrogens (tertiary/aromatic N) is 1. The lowest BCUT2D eigenvalue weighted by atomic mass is 10.0. The van der Waals surface area contributed by atoms with E-state index in [0.717, 1.165) is 32.3 Å². The molecule has 1 fully saturated rings. The van der Waals surface area contributed by atoms with Gasteiger partial charge in [-0.1, -0.05) is 13.3 Å². The van der Waals surface area contributed by atoms with Crippen molar-refractivity contribution in [2.45, 2.75) is 32.2 Å². The Bertz CT molecular complexity index is 125. The van der Waals surface area contributed by atoms with E-state index in [-0.39, 0.29) is 0 Å². The van der Waals surface area contributed by atoms with E-state index in [4.69, 9.17) is 4.74 Å². The van der Waals surface area contributed by atoms with Crippen molar-refractivity contribution in [2.24, 2.45) is 0 Å². The van der Waals surface area contributed by atoms with Crippen molar-refractivity contribution in [1.29, 1.82) is 0 Å². The van der Waals surface area contributed by atoms with E-state index in [1.54, 1.807) is 7.11 Å². The highest BCUT2D eigenvalue weighted by Gasteiger charge is 2.20. The zero-order valence-electron chi connectivity index (χ0n) is 9.59. The summed E-state index contributed by atoms with van der Waals surface area (Å²) >= 11 is 0. The Morgan fingerprint density at radius 1 is 1.43 bits per heavy atom. The molecule has 0 aromatic heterocycles. The summed E-state index contributed by atoms with van der Waals surface area (Å²) in [5, 5.41) is 3.44. The number of methoxy groups -OCH3 is 1. The van der Waals surface area contributed by atoms with Gasteiger partial charge in [-0.3, -0.25) is 4.90 Å². The van der Waals surface area contributed by atoms with Gasteiger partial charge in [-0.05, 0) is 25.9 Å². The second-order valence-electron chi connectivity index (χ2n) is 3.99. The van der Waals surface area contributed by atoms with Crippen LogP contribution in [0.2, 0.25) is 0 Å². The summed E-state index contributed by atoms with van der Waals surface area (Å²) in [5.74, 6) is 0. The van der Waals surface area contributed by atoms with Crippen molar-refractivity contribution < 1.29 is 4.74 Å². The van der Waals surface area contributed by atoms with Crippen molar-refractivity contribution in [1.82, 2.24) is 10.2 Å². The first-order chi connectivity index (χ1) is 6.88. The van der Waals surface area contributed by atoms with Gasteiger partial charge in [0.1, 0.15) is 0 Å². The fourth-order valence-electron chi connectivity index (χ4n) is 2.11. The van der Waals surface area contributed by atoms with Gasteiger partial charge in [0.25, 0.3) is 0 Å². The third-order valence-electron chi connectivity index (χ3n) is 2.96. The van der Waals surface area contributed by atoms with Crippen LogP contribution in [0.4, 0.5) is 0 Å². The number of likely N-dealkylation sites (tertiary alicyclic amines) is 1. The van der Waals surface area contributed by atoms with E-state index in [1.165, 1.54) is 25.8 Å². The molecule has 1 atom stereocenters. The number of nitrogens with one attached hydrogen (secondary N) is 1. The summed E-state index contributed by atoms with van der Waals surface area (Å²) in [5.41, 5.74) is 0. The SMILES string of the molecule is CCNCC1CCCCN1CCOC. The largest absolute Gasteiger partial charge is 0.383 e. The Kier molecular flexibility index (Phi) is 6.15. The van der Waals surface area contributed by atoms with Crippen molar-refractivity contribution in [3.8, 4) is 0 Å². The topological polar surface area (TPSA) is 24.5 Å². The maximum Gasteiger partial charge on any atom is 0.0589 e. The molecule has 1 saturated heterocycles. The molecule has 3 heteroatoms. The molecule has 0 amide bonds. The Morgan fingerprint density at radius 3 is 3.00 bits per heavy atom. The molecule has 14 heavy (non-hydrogen) atoms. The van der Waals surface area contributed by atoms with Gasteiger partial charge in [0, 0.05) is 26.2 Å². The van der Waals surface area contributed by atoms with Crippen LogP contribution in [0.15, 0.2) is 0 Å². The Hall–Kier alpha value is -0.120. The van der Waals surface area contributed by atoms with Crippen molar-refractivity contribution in [3.05, 3.63) is 0 Å². The van der Waals surface area contributed by atoms with E-state index < -0.39 is 0 Å². The monoisotopic (exact) mass is 200 g/mol. The fourth-order valence-corrected chi connectivity index (χ4v) is 2.11. The predicted molar refractivity (Wildman–Crippen MR) is 59.6 cm³/mol. The highest BCUT2D eigenvalue weighted by molar-refractivity contribution is 4.78. The molecule has 0 bridgehead atoms. The number of likely N-dealkylation sites (N-methyl/N-ethyl adjacent to an activating group) is 1. The van der Waals surface area contributed by atoms with Crippen LogP contribution in [0.3, 0.4) is 0 Å². The number of piperidine rings is 1. The quantitative estimate of drug-likeness (QED) is 0.695. The molecule has 1 unspecified atom stereocenters. The standard InChI is InChI=1S/C11H24N2O/c1-3-12-10-11-6-4-5-7-13(11)8-9-14-2/h11-12H,3-10H2,1-2H3. The van der Waals surface area contributed by atoms with Crippen LogP contribution >= 0.6 is 0 Å². The van der Waals surface area contributed by atoms with E-state index in [0.29, 0.717) is 0 Å². The molecular formula is C11H24N2O. The minimum atomic E-state index is 0.735. The lowest BCUT2D eigenvalue weighted by Gasteiger charge is -2.35. The van der Waals surface area contributed by atoms with E-state index >= 15 is 0 Å². The zero-order chi connectivity index (χ0) is 10.2. The first kappa shape index (κ1) is 12.0. The molecular weight excluding hydrogens is 176 g/mol. The first-order valence-electron chi connectivity index (χ1n) is 5.82. The molecule has 0 saturated carbocycles. The highest BCUT2D eigenvalue weighted by Crippen LogP contribution is 2.15. The maximum absolute atomic E-state index is 5.14. The molecule has 1 aliphatic heterocycles. The number of hydrogen-bond acceptors (Lipinski definition) is 3. The van der Waals surface area contributed by atoms with Gasteiger partial charge in [-0.15, -0.1) is 0 Å². The van der Waals surface area contributed by atoms with Crippen LogP contribution in [0.25, 0.3) is 0 Å². The van der Waals surface area contributed by atoms with Crippen LogP contribution in [-0.2, 0) is 4.74 Å². The summed E-state index contributed by atoms with van der Waals surface area (Å²) in [7, 11) is 1.78.